The van der Waals surface area contributed by atoms with Crippen LogP contribution in [0.15, 0.2) is 36.4 Å². The zero-order valence-electron chi connectivity index (χ0n) is 11.3. The summed E-state index contributed by atoms with van der Waals surface area (Å²) in [5.41, 5.74) is 9.00. The first-order valence-electron chi connectivity index (χ1n) is 6.20. The summed E-state index contributed by atoms with van der Waals surface area (Å²) in [6.45, 7) is 0. The Kier molecular flexibility index (Phi) is 2.95. The number of benzene rings is 2. The van der Waals surface area contributed by atoms with Gasteiger partial charge in [0.15, 0.2) is 0 Å². The van der Waals surface area contributed by atoms with Crippen LogP contribution >= 0.6 is 0 Å². The number of nitrogen functional groups attached to an aromatic ring is 1. The standard InChI is InChI=1S/C15H15N3O2/c1-19-11-7-4-8-12(20-2)13(11)15-17-10-6-3-5-9(16)14(10)18-15/h3-8H,16H2,1-2H3,(H,17,18). The minimum Gasteiger partial charge on any atom is -0.496 e. The van der Waals surface area contributed by atoms with Crippen molar-refractivity contribution in [2.45, 2.75) is 0 Å². The van der Waals surface area contributed by atoms with E-state index in [2.05, 4.69) is 9.97 Å². The van der Waals surface area contributed by atoms with E-state index in [1.165, 1.54) is 0 Å². The molecule has 0 saturated heterocycles. The number of fused-ring (bicyclic) bond motifs is 1. The summed E-state index contributed by atoms with van der Waals surface area (Å²) in [5, 5.41) is 0. The van der Waals surface area contributed by atoms with Crippen LogP contribution in [0.5, 0.6) is 11.5 Å². The number of aromatic amines is 1. The molecule has 102 valence electrons. The highest BCUT2D eigenvalue weighted by molar-refractivity contribution is 5.90. The van der Waals surface area contributed by atoms with Crippen LogP contribution in [0.4, 0.5) is 5.69 Å². The fraction of sp³-hybridized carbons (Fsp3) is 0.133. The number of H-pyrrole nitrogens is 1. The average molecular weight is 269 g/mol. The van der Waals surface area contributed by atoms with Gasteiger partial charge in [-0.2, -0.15) is 0 Å². The zero-order valence-corrected chi connectivity index (χ0v) is 11.3. The summed E-state index contributed by atoms with van der Waals surface area (Å²) in [4.78, 5) is 7.81. The predicted molar refractivity (Wildman–Crippen MR) is 79.0 cm³/mol. The molecule has 3 N–H and O–H groups in total. The van der Waals surface area contributed by atoms with Gasteiger partial charge >= 0.3 is 0 Å². The number of rotatable bonds is 3. The van der Waals surface area contributed by atoms with E-state index in [-0.39, 0.29) is 0 Å². The van der Waals surface area contributed by atoms with Crippen LogP contribution in [0, 0.1) is 0 Å². The smallest absolute Gasteiger partial charge is 0.146 e. The lowest BCUT2D eigenvalue weighted by molar-refractivity contribution is 0.397. The molecule has 0 spiro atoms. The van der Waals surface area contributed by atoms with Gasteiger partial charge < -0.3 is 20.2 Å². The van der Waals surface area contributed by atoms with Crippen LogP contribution in [0.2, 0.25) is 0 Å². The van der Waals surface area contributed by atoms with Crippen molar-refractivity contribution in [2.75, 3.05) is 20.0 Å². The Labute approximate surface area is 116 Å². The second kappa shape index (κ2) is 4.77. The van der Waals surface area contributed by atoms with Gasteiger partial charge in [-0.3, -0.25) is 0 Å². The molecule has 3 rings (SSSR count). The fourth-order valence-corrected chi connectivity index (χ4v) is 2.26. The van der Waals surface area contributed by atoms with Crippen LogP contribution in [0.25, 0.3) is 22.4 Å². The lowest BCUT2D eigenvalue weighted by Crippen LogP contribution is -1.94. The number of hydrogen-bond donors (Lipinski definition) is 2. The second-order valence-corrected chi connectivity index (χ2v) is 4.37. The predicted octanol–water partition coefficient (Wildman–Crippen LogP) is 2.83. The van der Waals surface area contributed by atoms with Gasteiger partial charge in [0.25, 0.3) is 0 Å². The van der Waals surface area contributed by atoms with Crippen molar-refractivity contribution in [1.82, 2.24) is 9.97 Å². The third-order valence-electron chi connectivity index (χ3n) is 3.21. The van der Waals surface area contributed by atoms with Crippen LogP contribution in [-0.2, 0) is 0 Å². The number of methoxy groups -OCH3 is 2. The average Bonchev–Trinajstić information content (AvgIpc) is 2.91. The number of hydrogen-bond acceptors (Lipinski definition) is 4. The van der Waals surface area contributed by atoms with Crippen molar-refractivity contribution in [1.29, 1.82) is 0 Å². The number of aromatic nitrogens is 2. The van der Waals surface area contributed by atoms with Crippen LogP contribution in [0.1, 0.15) is 0 Å². The molecular weight excluding hydrogens is 254 g/mol. The number of ether oxygens (including phenoxy) is 2. The highest BCUT2D eigenvalue weighted by Crippen LogP contribution is 2.37. The maximum atomic E-state index is 5.94. The number of nitrogens with two attached hydrogens (primary N) is 1. The monoisotopic (exact) mass is 269 g/mol. The van der Waals surface area contributed by atoms with E-state index in [1.54, 1.807) is 14.2 Å². The van der Waals surface area contributed by atoms with Crippen molar-refractivity contribution in [3.63, 3.8) is 0 Å². The van der Waals surface area contributed by atoms with Crippen LogP contribution in [-0.4, -0.2) is 24.2 Å². The molecule has 5 heteroatoms. The minimum atomic E-state index is 0.638. The number of para-hydroxylation sites is 1. The maximum Gasteiger partial charge on any atom is 0.146 e. The van der Waals surface area contributed by atoms with Gasteiger partial charge in [0.1, 0.15) is 28.4 Å². The van der Waals surface area contributed by atoms with Gasteiger partial charge in [-0.1, -0.05) is 12.1 Å². The summed E-state index contributed by atoms with van der Waals surface area (Å²) in [6.07, 6.45) is 0. The number of imidazole rings is 1. The van der Waals surface area contributed by atoms with Crippen LogP contribution < -0.4 is 15.2 Å². The van der Waals surface area contributed by atoms with Gasteiger partial charge in [-0.25, -0.2) is 4.98 Å². The molecule has 0 atom stereocenters. The summed E-state index contributed by atoms with van der Waals surface area (Å²) in [7, 11) is 3.24. The Morgan fingerprint density at radius 3 is 2.25 bits per heavy atom. The Morgan fingerprint density at radius 1 is 1.00 bits per heavy atom. The van der Waals surface area contributed by atoms with Gasteiger partial charge in [0.05, 0.1) is 25.4 Å². The summed E-state index contributed by atoms with van der Waals surface area (Å²) in [6, 6.07) is 11.3. The van der Waals surface area contributed by atoms with Crippen LogP contribution in [0.3, 0.4) is 0 Å². The van der Waals surface area contributed by atoms with Crippen molar-refractivity contribution < 1.29 is 9.47 Å². The van der Waals surface area contributed by atoms with Crippen molar-refractivity contribution in [3.05, 3.63) is 36.4 Å². The van der Waals surface area contributed by atoms with E-state index in [0.29, 0.717) is 23.0 Å². The molecule has 1 heterocycles. The molecule has 0 unspecified atom stereocenters. The second-order valence-electron chi connectivity index (χ2n) is 4.37. The first-order chi connectivity index (χ1) is 9.74. The molecule has 0 aliphatic heterocycles. The lowest BCUT2D eigenvalue weighted by atomic mass is 10.1. The molecule has 0 bridgehead atoms. The molecule has 0 amide bonds. The van der Waals surface area contributed by atoms with E-state index in [4.69, 9.17) is 15.2 Å². The minimum absolute atomic E-state index is 0.638. The summed E-state index contributed by atoms with van der Waals surface area (Å²) in [5.74, 6) is 2.07. The normalized spacial score (nSPS) is 10.7. The molecule has 0 radical (unpaired) electrons. The molecule has 2 aromatic carbocycles. The molecule has 0 aliphatic rings. The van der Waals surface area contributed by atoms with Crippen molar-refractivity contribution >= 4 is 16.7 Å². The van der Waals surface area contributed by atoms with E-state index in [9.17, 15) is 0 Å². The highest BCUT2D eigenvalue weighted by Gasteiger charge is 2.16. The SMILES string of the molecule is COc1cccc(OC)c1-c1nc2c(N)cccc2[nH]1. The molecule has 3 aromatic rings. The molecule has 0 aliphatic carbocycles. The highest BCUT2D eigenvalue weighted by atomic mass is 16.5. The summed E-state index contributed by atoms with van der Waals surface area (Å²) >= 11 is 0. The van der Waals surface area contributed by atoms with E-state index < -0.39 is 0 Å². The number of nitrogens with zero attached hydrogens (tertiary/aromatic N) is 1. The van der Waals surface area contributed by atoms with E-state index in [0.717, 1.165) is 16.6 Å². The Morgan fingerprint density at radius 2 is 1.65 bits per heavy atom. The quantitative estimate of drug-likeness (QED) is 0.717. The van der Waals surface area contributed by atoms with Gasteiger partial charge in [-0.05, 0) is 24.3 Å². The van der Waals surface area contributed by atoms with Crippen molar-refractivity contribution in [3.8, 4) is 22.9 Å². The Bertz CT molecular complexity index is 743. The third kappa shape index (κ3) is 1.84. The number of anilines is 1. The van der Waals surface area contributed by atoms with E-state index >= 15 is 0 Å². The van der Waals surface area contributed by atoms with Crippen molar-refractivity contribution in [2.24, 2.45) is 0 Å². The lowest BCUT2D eigenvalue weighted by Gasteiger charge is -2.10. The summed E-state index contributed by atoms with van der Waals surface area (Å²) < 4.78 is 10.8. The Balaban J connectivity index is 2.27. The van der Waals surface area contributed by atoms with Gasteiger partial charge in [0, 0.05) is 0 Å². The Hall–Kier alpha value is -2.69. The van der Waals surface area contributed by atoms with E-state index in [1.807, 2.05) is 36.4 Å². The third-order valence-corrected chi connectivity index (χ3v) is 3.21. The van der Waals surface area contributed by atoms with Gasteiger partial charge in [-0.15, -0.1) is 0 Å². The zero-order chi connectivity index (χ0) is 14.1. The molecular formula is C15H15N3O2. The molecule has 0 fully saturated rings. The first-order valence-corrected chi connectivity index (χ1v) is 6.20. The maximum absolute atomic E-state index is 5.94. The molecule has 20 heavy (non-hydrogen) atoms. The first kappa shape index (κ1) is 12.3. The fourth-order valence-electron chi connectivity index (χ4n) is 2.26. The number of nitrogens with one attached hydrogen (secondary N) is 1. The van der Waals surface area contributed by atoms with Gasteiger partial charge in [0.2, 0.25) is 0 Å². The molecule has 5 nitrogen and oxygen atoms in total. The molecule has 0 saturated carbocycles. The molecule has 1 aromatic heterocycles. The topological polar surface area (TPSA) is 73.2 Å². The largest absolute Gasteiger partial charge is 0.496 e.